The minimum atomic E-state index is -3.72. The van der Waals surface area contributed by atoms with E-state index in [0.29, 0.717) is 18.0 Å². The number of carbonyl (C=O) groups is 1. The van der Waals surface area contributed by atoms with Crippen LogP contribution in [0.2, 0.25) is 0 Å². The van der Waals surface area contributed by atoms with E-state index in [4.69, 9.17) is 4.74 Å². The number of anilines is 1. The maximum atomic E-state index is 12.3. The lowest BCUT2D eigenvalue weighted by Gasteiger charge is -2.06. The summed E-state index contributed by atoms with van der Waals surface area (Å²) in [4.78, 5) is 15.7. The van der Waals surface area contributed by atoms with Crippen molar-refractivity contribution in [2.45, 2.75) is 18.2 Å². The van der Waals surface area contributed by atoms with E-state index in [9.17, 15) is 13.2 Å². The van der Waals surface area contributed by atoms with Gasteiger partial charge in [-0.05, 0) is 31.2 Å². The largest absolute Gasteiger partial charge is 0.497 e. The van der Waals surface area contributed by atoms with E-state index in [0.717, 1.165) is 11.3 Å². The topological polar surface area (TPSA) is 97.4 Å². The molecule has 0 aliphatic rings. The summed E-state index contributed by atoms with van der Waals surface area (Å²) in [6.07, 6.45) is 0.120. The van der Waals surface area contributed by atoms with Gasteiger partial charge < -0.3 is 10.1 Å². The molecule has 0 bridgehead atoms. The maximum absolute atomic E-state index is 12.3. The standard InChI is InChI=1S/C14H17N3O4S2/c1-3-15-13(18)8-10-9-22-14(16-10)17-23(19,20)12-6-4-11(21-2)5-7-12/h4-7,9H,3,8H2,1-2H3,(H,15,18)(H,16,17). The van der Waals surface area contributed by atoms with Gasteiger partial charge in [-0.2, -0.15) is 0 Å². The van der Waals surface area contributed by atoms with Crippen molar-refractivity contribution < 1.29 is 17.9 Å². The van der Waals surface area contributed by atoms with Crippen LogP contribution in [0.15, 0.2) is 34.5 Å². The van der Waals surface area contributed by atoms with Crippen molar-refractivity contribution in [2.24, 2.45) is 0 Å². The van der Waals surface area contributed by atoms with Gasteiger partial charge in [-0.25, -0.2) is 13.4 Å². The lowest BCUT2D eigenvalue weighted by atomic mass is 10.3. The van der Waals surface area contributed by atoms with Gasteiger partial charge in [-0.3, -0.25) is 9.52 Å². The number of hydrogen-bond donors (Lipinski definition) is 2. The van der Waals surface area contributed by atoms with E-state index in [1.54, 1.807) is 17.5 Å². The fourth-order valence-electron chi connectivity index (χ4n) is 1.79. The zero-order chi connectivity index (χ0) is 16.9. The molecule has 1 aromatic heterocycles. The Bertz CT molecular complexity index is 770. The molecular weight excluding hydrogens is 338 g/mol. The number of methoxy groups -OCH3 is 1. The summed E-state index contributed by atoms with van der Waals surface area (Å²) in [5.74, 6) is 0.421. The Balaban J connectivity index is 2.08. The fourth-order valence-corrected chi connectivity index (χ4v) is 3.75. The molecule has 0 unspecified atom stereocenters. The molecule has 124 valence electrons. The average Bonchev–Trinajstić information content (AvgIpc) is 2.93. The second-order valence-electron chi connectivity index (χ2n) is 4.56. The van der Waals surface area contributed by atoms with Crippen LogP contribution >= 0.6 is 11.3 Å². The first kappa shape index (κ1) is 17.2. The minimum Gasteiger partial charge on any atom is -0.497 e. The summed E-state index contributed by atoms with van der Waals surface area (Å²) >= 11 is 1.13. The van der Waals surface area contributed by atoms with E-state index in [2.05, 4.69) is 15.0 Å². The number of ether oxygens (including phenoxy) is 1. The molecule has 0 fully saturated rings. The van der Waals surface area contributed by atoms with Crippen LogP contribution in [0.1, 0.15) is 12.6 Å². The molecule has 0 spiro atoms. The van der Waals surface area contributed by atoms with Crippen molar-refractivity contribution >= 4 is 32.4 Å². The lowest BCUT2D eigenvalue weighted by molar-refractivity contribution is -0.120. The second kappa shape index (κ2) is 7.42. The Morgan fingerprint density at radius 3 is 2.61 bits per heavy atom. The highest BCUT2D eigenvalue weighted by molar-refractivity contribution is 7.93. The molecule has 9 heteroatoms. The number of nitrogens with one attached hydrogen (secondary N) is 2. The van der Waals surface area contributed by atoms with Crippen molar-refractivity contribution in [3.8, 4) is 5.75 Å². The number of benzene rings is 1. The number of aromatic nitrogens is 1. The van der Waals surface area contributed by atoms with Crippen LogP contribution in [0.4, 0.5) is 5.13 Å². The molecule has 23 heavy (non-hydrogen) atoms. The molecule has 0 saturated carbocycles. The van der Waals surface area contributed by atoms with Gasteiger partial charge in [-0.15, -0.1) is 11.3 Å². The van der Waals surface area contributed by atoms with E-state index in [1.165, 1.54) is 19.2 Å². The van der Waals surface area contributed by atoms with E-state index in [1.807, 2.05) is 6.92 Å². The Morgan fingerprint density at radius 2 is 2.00 bits per heavy atom. The molecule has 0 aliphatic heterocycles. The molecule has 1 heterocycles. The summed E-state index contributed by atoms with van der Waals surface area (Å²) in [6.45, 7) is 2.37. The predicted octanol–water partition coefficient (Wildman–Crippen LogP) is 1.63. The minimum absolute atomic E-state index is 0.110. The molecule has 0 aliphatic carbocycles. The number of likely N-dealkylation sites (N-methyl/N-ethyl adjacent to an activating group) is 1. The summed E-state index contributed by atoms with van der Waals surface area (Å²) in [5.41, 5.74) is 0.522. The SMILES string of the molecule is CCNC(=O)Cc1csc(NS(=O)(=O)c2ccc(OC)cc2)n1. The third-order valence-electron chi connectivity index (χ3n) is 2.86. The first-order valence-electron chi connectivity index (χ1n) is 6.82. The molecule has 2 aromatic rings. The van der Waals surface area contributed by atoms with Crippen LogP contribution in [0, 0.1) is 0 Å². The second-order valence-corrected chi connectivity index (χ2v) is 7.10. The van der Waals surface area contributed by atoms with Crippen LogP contribution in [0.3, 0.4) is 0 Å². The molecule has 0 atom stereocenters. The van der Waals surface area contributed by atoms with Crippen molar-refractivity contribution in [1.29, 1.82) is 0 Å². The van der Waals surface area contributed by atoms with Gasteiger partial charge in [0.15, 0.2) is 5.13 Å². The van der Waals surface area contributed by atoms with Crippen LogP contribution in [0.25, 0.3) is 0 Å². The Labute approximate surface area is 138 Å². The molecular formula is C14H17N3O4S2. The Kier molecular flexibility index (Phi) is 5.56. The van der Waals surface area contributed by atoms with Gasteiger partial charge in [0.2, 0.25) is 5.91 Å². The molecule has 0 radical (unpaired) electrons. The molecule has 7 nitrogen and oxygen atoms in total. The van der Waals surface area contributed by atoms with Crippen LogP contribution in [-0.2, 0) is 21.2 Å². The molecule has 2 rings (SSSR count). The van der Waals surface area contributed by atoms with Crippen LogP contribution in [0.5, 0.6) is 5.75 Å². The zero-order valence-corrected chi connectivity index (χ0v) is 14.3. The summed E-state index contributed by atoms with van der Waals surface area (Å²) in [7, 11) is -2.21. The quantitative estimate of drug-likeness (QED) is 0.787. The third-order valence-corrected chi connectivity index (χ3v) is 5.15. The number of nitrogens with zero attached hydrogens (tertiary/aromatic N) is 1. The Hall–Kier alpha value is -2.13. The smallest absolute Gasteiger partial charge is 0.263 e. The predicted molar refractivity (Wildman–Crippen MR) is 88.3 cm³/mol. The maximum Gasteiger partial charge on any atom is 0.263 e. The number of carbonyl (C=O) groups excluding carboxylic acids is 1. The molecule has 1 aromatic carbocycles. The van der Waals surface area contributed by atoms with Crippen molar-refractivity contribution in [3.05, 3.63) is 35.3 Å². The molecule has 2 N–H and O–H groups in total. The summed E-state index contributed by atoms with van der Waals surface area (Å²) < 4.78 is 31.9. The van der Waals surface area contributed by atoms with Gasteiger partial charge in [0.1, 0.15) is 5.75 Å². The highest BCUT2D eigenvalue weighted by atomic mass is 32.2. The van der Waals surface area contributed by atoms with Crippen LogP contribution in [-0.4, -0.2) is 33.0 Å². The van der Waals surface area contributed by atoms with Gasteiger partial charge in [0.25, 0.3) is 10.0 Å². The number of hydrogen-bond acceptors (Lipinski definition) is 6. The molecule has 0 saturated heterocycles. The first-order chi connectivity index (χ1) is 10.9. The van der Waals surface area contributed by atoms with Gasteiger partial charge in [-0.1, -0.05) is 0 Å². The van der Waals surface area contributed by atoms with Gasteiger partial charge >= 0.3 is 0 Å². The number of amides is 1. The van der Waals surface area contributed by atoms with E-state index < -0.39 is 10.0 Å². The van der Waals surface area contributed by atoms with Crippen molar-refractivity contribution in [1.82, 2.24) is 10.3 Å². The normalized spacial score (nSPS) is 11.0. The lowest BCUT2D eigenvalue weighted by Crippen LogP contribution is -2.24. The van der Waals surface area contributed by atoms with Gasteiger partial charge in [0.05, 0.1) is 24.1 Å². The van der Waals surface area contributed by atoms with Crippen molar-refractivity contribution in [2.75, 3.05) is 18.4 Å². The van der Waals surface area contributed by atoms with Crippen LogP contribution < -0.4 is 14.8 Å². The van der Waals surface area contributed by atoms with Crippen molar-refractivity contribution in [3.63, 3.8) is 0 Å². The number of thiazole rings is 1. The Morgan fingerprint density at radius 1 is 1.30 bits per heavy atom. The summed E-state index contributed by atoms with van der Waals surface area (Å²) in [6, 6.07) is 6.03. The molecule has 1 amide bonds. The highest BCUT2D eigenvalue weighted by Crippen LogP contribution is 2.22. The highest BCUT2D eigenvalue weighted by Gasteiger charge is 2.16. The number of rotatable bonds is 7. The van der Waals surface area contributed by atoms with E-state index in [-0.39, 0.29) is 22.4 Å². The monoisotopic (exact) mass is 355 g/mol. The fraction of sp³-hybridized carbons (Fsp3) is 0.286. The zero-order valence-electron chi connectivity index (χ0n) is 12.7. The first-order valence-corrected chi connectivity index (χ1v) is 9.19. The van der Waals surface area contributed by atoms with Gasteiger partial charge in [0, 0.05) is 11.9 Å². The third kappa shape index (κ3) is 4.67. The van der Waals surface area contributed by atoms with E-state index >= 15 is 0 Å². The average molecular weight is 355 g/mol. The number of sulfonamides is 1. The summed E-state index contributed by atoms with van der Waals surface area (Å²) in [5, 5.41) is 4.54.